The van der Waals surface area contributed by atoms with Gasteiger partial charge in [-0.05, 0) is 12.1 Å². The average molecular weight is 375 g/mol. The van der Waals surface area contributed by atoms with Crippen LogP contribution in [0.2, 0.25) is 0 Å². The Kier molecular flexibility index (Phi) is 6.57. The number of nitrogens with zero attached hydrogens (tertiary/aromatic N) is 1. The standard InChI is InChI=1S/C19H25N3O5/c1-19(2,3)18-21-10-15(17(25)22-18)16(24)20-9-12(23)11-27-14-7-5-6-13(8-14)26-4/h5-8,10,12,23H,9,11H2,1-4H3,(H,20,24)(H,21,22,25)/t12-/m0/s1. The molecule has 146 valence electrons. The molecule has 0 fully saturated rings. The number of benzene rings is 1. The number of hydrogen-bond acceptors (Lipinski definition) is 6. The monoisotopic (exact) mass is 375 g/mol. The van der Waals surface area contributed by atoms with Crippen molar-refractivity contribution < 1.29 is 19.4 Å². The van der Waals surface area contributed by atoms with E-state index in [4.69, 9.17) is 9.47 Å². The second-order valence-corrected chi connectivity index (χ2v) is 7.08. The van der Waals surface area contributed by atoms with Crippen LogP contribution in [0.25, 0.3) is 0 Å². The minimum absolute atomic E-state index is 0.0228. The number of aliphatic hydroxyl groups excluding tert-OH is 1. The molecule has 0 spiro atoms. The van der Waals surface area contributed by atoms with Crippen molar-refractivity contribution >= 4 is 5.91 Å². The van der Waals surface area contributed by atoms with Gasteiger partial charge in [0.05, 0.1) is 7.11 Å². The lowest BCUT2D eigenvalue weighted by Crippen LogP contribution is -2.38. The lowest BCUT2D eigenvalue weighted by atomic mass is 9.96. The molecular weight excluding hydrogens is 350 g/mol. The van der Waals surface area contributed by atoms with Gasteiger partial charge in [-0.15, -0.1) is 0 Å². The molecule has 0 radical (unpaired) electrons. The van der Waals surface area contributed by atoms with Gasteiger partial charge in [0.15, 0.2) is 0 Å². The van der Waals surface area contributed by atoms with Gasteiger partial charge in [0.2, 0.25) is 0 Å². The third-order valence-electron chi connectivity index (χ3n) is 3.74. The quantitative estimate of drug-likeness (QED) is 0.671. The van der Waals surface area contributed by atoms with Crippen LogP contribution in [0.5, 0.6) is 11.5 Å². The smallest absolute Gasteiger partial charge is 0.263 e. The number of aromatic nitrogens is 2. The molecule has 0 aliphatic heterocycles. The summed E-state index contributed by atoms with van der Waals surface area (Å²) in [7, 11) is 1.55. The minimum atomic E-state index is -0.943. The highest BCUT2D eigenvalue weighted by molar-refractivity contribution is 5.93. The molecule has 3 N–H and O–H groups in total. The van der Waals surface area contributed by atoms with Crippen LogP contribution < -0.4 is 20.3 Å². The summed E-state index contributed by atoms with van der Waals surface area (Å²) in [5.74, 6) is 1.07. The number of H-pyrrole nitrogens is 1. The Morgan fingerprint density at radius 2 is 2.04 bits per heavy atom. The summed E-state index contributed by atoms with van der Waals surface area (Å²) < 4.78 is 10.6. The van der Waals surface area contributed by atoms with Crippen LogP contribution in [-0.4, -0.2) is 47.3 Å². The zero-order valence-electron chi connectivity index (χ0n) is 15.9. The van der Waals surface area contributed by atoms with Crippen molar-refractivity contribution in [2.45, 2.75) is 32.3 Å². The molecule has 8 nitrogen and oxygen atoms in total. The Bertz CT molecular complexity index is 842. The topological polar surface area (TPSA) is 114 Å². The predicted molar refractivity (Wildman–Crippen MR) is 100 cm³/mol. The Balaban J connectivity index is 1.88. The molecule has 1 aromatic carbocycles. The van der Waals surface area contributed by atoms with E-state index < -0.39 is 17.6 Å². The molecule has 0 saturated heterocycles. The van der Waals surface area contributed by atoms with Crippen molar-refractivity contribution in [3.05, 3.63) is 52.2 Å². The second-order valence-electron chi connectivity index (χ2n) is 7.08. The van der Waals surface area contributed by atoms with E-state index >= 15 is 0 Å². The normalized spacial score (nSPS) is 12.3. The van der Waals surface area contributed by atoms with Crippen LogP contribution in [0.15, 0.2) is 35.3 Å². The number of carbonyl (C=O) groups is 1. The van der Waals surface area contributed by atoms with Crippen LogP contribution in [0, 0.1) is 0 Å². The van der Waals surface area contributed by atoms with E-state index in [2.05, 4.69) is 15.3 Å². The van der Waals surface area contributed by atoms with E-state index in [0.29, 0.717) is 17.3 Å². The van der Waals surface area contributed by atoms with Crippen molar-refractivity contribution in [1.82, 2.24) is 15.3 Å². The third-order valence-corrected chi connectivity index (χ3v) is 3.74. The minimum Gasteiger partial charge on any atom is -0.497 e. The Morgan fingerprint density at radius 1 is 1.33 bits per heavy atom. The van der Waals surface area contributed by atoms with E-state index in [1.165, 1.54) is 6.20 Å². The van der Waals surface area contributed by atoms with E-state index in [1.54, 1.807) is 31.4 Å². The zero-order valence-corrected chi connectivity index (χ0v) is 15.9. The van der Waals surface area contributed by atoms with Gasteiger partial charge in [0.25, 0.3) is 11.5 Å². The first-order valence-electron chi connectivity index (χ1n) is 8.53. The Hall–Kier alpha value is -2.87. The van der Waals surface area contributed by atoms with Crippen LogP contribution in [-0.2, 0) is 5.41 Å². The molecule has 0 aliphatic carbocycles. The number of methoxy groups -OCH3 is 1. The largest absolute Gasteiger partial charge is 0.497 e. The number of carbonyl (C=O) groups excluding carboxylic acids is 1. The Labute approximate surface area is 157 Å². The molecule has 2 aromatic rings. The lowest BCUT2D eigenvalue weighted by molar-refractivity contribution is 0.0842. The van der Waals surface area contributed by atoms with Crippen molar-refractivity contribution in [3.8, 4) is 11.5 Å². The van der Waals surface area contributed by atoms with Crippen LogP contribution in [0.3, 0.4) is 0 Å². The van der Waals surface area contributed by atoms with Crippen LogP contribution in [0.4, 0.5) is 0 Å². The van der Waals surface area contributed by atoms with Crippen LogP contribution in [0.1, 0.15) is 37.0 Å². The molecule has 27 heavy (non-hydrogen) atoms. The molecule has 1 aromatic heterocycles. The molecule has 1 heterocycles. The first-order valence-corrected chi connectivity index (χ1v) is 8.53. The van der Waals surface area contributed by atoms with E-state index in [-0.39, 0.29) is 24.1 Å². The Morgan fingerprint density at radius 3 is 2.67 bits per heavy atom. The SMILES string of the molecule is COc1cccc(OC[C@@H](O)CNC(=O)c2cnc(C(C)(C)C)[nH]c2=O)c1. The molecule has 0 unspecified atom stereocenters. The predicted octanol–water partition coefficient (Wildman–Crippen LogP) is 1.25. The molecule has 0 saturated carbocycles. The number of aromatic amines is 1. The number of hydrogen-bond donors (Lipinski definition) is 3. The fraction of sp³-hybridized carbons (Fsp3) is 0.421. The number of nitrogens with one attached hydrogen (secondary N) is 2. The number of ether oxygens (including phenoxy) is 2. The van der Waals surface area contributed by atoms with Gasteiger partial charge in [-0.2, -0.15) is 0 Å². The molecular formula is C19H25N3O5. The van der Waals surface area contributed by atoms with Gasteiger partial charge < -0.3 is 24.9 Å². The first-order chi connectivity index (χ1) is 12.7. The zero-order chi connectivity index (χ0) is 20.0. The summed E-state index contributed by atoms with van der Waals surface area (Å²) in [5, 5.41) is 12.5. The van der Waals surface area contributed by atoms with Gasteiger partial charge in [-0.3, -0.25) is 9.59 Å². The summed E-state index contributed by atoms with van der Waals surface area (Å²) in [6.45, 7) is 5.63. The van der Waals surface area contributed by atoms with Gasteiger partial charge in [0.1, 0.15) is 35.6 Å². The fourth-order valence-corrected chi connectivity index (χ4v) is 2.19. The van der Waals surface area contributed by atoms with Crippen LogP contribution >= 0.6 is 0 Å². The highest BCUT2D eigenvalue weighted by Gasteiger charge is 2.19. The van der Waals surface area contributed by atoms with E-state index in [0.717, 1.165) is 0 Å². The number of amides is 1. The summed E-state index contributed by atoms with van der Waals surface area (Å²) in [4.78, 5) is 31.0. The summed E-state index contributed by atoms with van der Waals surface area (Å²) >= 11 is 0. The summed E-state index contributed by atoms with van der Waals surface area (Å²) in [6, 6.07) is 6.96. The van der Waals surface area contributed by atoms with E-state index in [1.807, 2.05) is 20.8 Å². The third kappa shape index (κ3) is 5.82. The average Bonchev–Trinajstić information content (AvgIpc) is 2.63. The number of aliphatic hydroxyl groups is 1. The van der Waals surface area contributed by atoms with Crippen molar-refractivity contribution in [2.75, 3.05) is 20.3 Å². The fourth-order valence-electron chi connectivity index (χ4n) is 2.19. The molecule has 2 rings (SSSR count). The van der Waals surface area contributed by atoms with Crippen molar-refractivity contribution in [2.24, 2.45) is 0 Å². The maximum absolute atomic E-state index is 12.1. The first kappa shape index (κ1) is 20.4. The highest BCUT2D eigenvalue weighted by atomic mass is 16.5. The van der Waals surface area contributed by atoms with Gasteiger partial charge in [-0.1, -0.05) is 26.8 Å². The van der Waals surface area contributed by atoms with E-state index in [9.17, 15) is 14.7 Å². The van der Waals surface area contributed by atoms with Crippen molar-refractivity contribution in [1.29, 1.82) is 0 Å². The van der Waals surface area contributed by atoms with Gasteiger partial charge >= 0.3 is 0 Å². The maximum Gasteiger partial charge on any atom is 0.263 e. The second kappa shape index (κ2) is 8.68. The molecule has 8 heteroatoms. The molecule has 1 amide bonds. The van der Waals surface area contributed by atoms with Crippen molar-refractivity contribution in [3.63, 3.8) is 0 Å². The summed E-state index contributed by atoms with van der Waals surface area (Å²) in [5.41, 5.74) is -0.958. The molecule has 1 atom stereocenters. The molecule has 0 aliphatic rings. The van der Waals surface area contributed by atoms with Gasteiger partial charge in [-0.25, -0.2) is 4.98 Å². The number of rotatable bonds is 7. The van der Waals surface area contributed by atoms with Gasteiger partial charge in [0, 0.05) is 24.2 Å². The molecule has 0 bridgehead atoms. The highest BCUT2D eigenvalue weighted by Crippen LogP contribution is 2.19. The lowest BCUT2D eigenvalue weighted by Gasteiger charge is -2.17. The maximum atomic E-state index is 12.1. The summed E-state index contributed by atoms with van der Waals surface area (Å²) in [6.07, 6.45) is 0.300.